The molecule has 0 aromatic heterocycles. The summed E-state index contributed by atoms with van der Waals surface area (Å²) in [4.78, 5) is 16.9. The lowest BCUT2D eigenvalue weighted by Crippen LogP contribution is -2.38. The SMILES string of the molecule is [C-]#[N+]c1cc2c(cc1C(C)(F)F)N(c1ccccc1Cl)C(=C)NC2=O. The summed E-state index contributed by atoms with van der Waals surface area (Å²) in [5.74, 6) is -3.57. The number of anilines is 2. The van der Waals surface area contributed by atoms with E-state index in [9.17, 15) is 13.6 Å². The van der Waals surface area contributed by atoms with Crippen LogP contribution in [-0.4, -0.2) is 5.91 Å². The summed E-state index contributed by atoms with van der Waals surface area (Å²) in [7, 11) is 0. The lowest BCUT2D eigenvalue weighted by molar-refractivity contribution is 0.0184. The van der Waals surface area contributed by atoms with Crippen molar-refractivity contribution < 1.29 is 13.6 Å². The largest absolute Gasteiger partial charge is 0.308 e. The molecule has 0 radical (unpaired) electrons. The summed E-state index contributed by atoms with van der Waals surface area (Å²) in [6.07, 6.45) is 0. The minimum atomic E-state index is -3.24. The highest BCUT2D eigenvalue weighted by Crippen LogP contribution is 2.44. The fourth-order valence-electron chi connectivity index (χ4n) is 2.70. The minimum Gasteiger partial charge on any atom is -0.308 e. The summed E-state index contributed by atoms with van der Waals surface area (Å²) >= 11 is 6.22. The first kappa shape index (κ1) is 16.9. The molecule has 0 spiro atoms. The Kier molecular flexibility index (Phi) is 3.97. The van der Waals surface area contributed by atoms with E-state index in [0.29, 0.717) is 17.6 Å². The van der Waals surface area contributed by atoms with Gasteiger partial charge in [0, 0.05) is 12.5 Å². The van der Waals surface area contributed by atoms with Crippen LogP contribution in [0.15, 0.2) is 48.8 Å². The third-order valence-electron chi connectivity index (χ3n) is 3.81. The summed E-state index contributed by atoms with van der Waals surface area (Å²) in [6, 6.07) is 9.10. The van der Waals surface area contributed by atoms with Crippen molar-refractivity contribution in [3.63, 3.8) is 0 Å². The van der Waals surface area contributed by atoms with E-state index in [1.807, 2.05) is 0 Å². The Morgan fingerprint density at radius 1 is 1.28 bits per heavy atom. The molecule has 1 aliphatic heterocycles. The first-order chi connectivity index (χ1) is 11.7. The quantitative estimate of drug-likeness (QED) is 0.733. The first-order valence-corrected chi connectivity index (χ1v) is 7.60. The number of benzene rings is 2. The minimum absolute atomic E-state index is 0.103. The first-order valence-electron chi connectivity index (χ1n) is 7.22. The van der Waals surface area contributed by atoms with Crippen molar-refractivity contribution in [2.45, 2.75) is 12.8 Å². The molecule has 0 saturated heterocycles. The Labute approximate surface area is 148 Å². The van der Waals surface area contributed by atoms with Crippen LogP contribution in [-0.2, 0) is 5.92 Å². The predicted molar refractivity (Wildman–Crippen MR) is 92.5 cm³/mol. The molecule has 25 heavy (non-hydrogen) atoms. The van der Waals surface area contributed by atoms with Crippen molar-refractivity contribution in [3.05, 3.63) is 76.4 Å². The highest BCUT2D eigenvalue weighted by Gasteiger charge is 2.34. The molecule has 4 nitrogen and oxygen atoms in total. The molecule has 0 unspecified atom stereocenters. The fraction of sp³-hybridized carbons (Fsp3) is 0.111. The standard InChI is InChI=1S/C18H12ClF2N3O/c1-10-23-17(25)11-8-14(22-3)12(18(2,20)21)9-16(11)24(10)15-7-5-4-6-13(15)19/h4-9H,1H2,2H3,(H,23,25). The monoisotopic (exact) mass is 359 g/mol. The number of nitrogens with zero attached hydrogens (tertiary/aromatic N) is 2. The highest BCUT2D eigenvalue weighted by molar-refractivity contribution is 6.33. The number of nitrogens with one attached hydrogen (secondary N) is 1. The van der Waals surface area contributed by atoms with E-state index >= 15 is 0 Å². The number of fused-ring (bicyclic) bond motifs is 1. The van der Waals surface area contributed by atoms with Crippen LogP contribution < -0.4 is 10.2 Å². The summed E-state index contributed by atoms with van der Waals surface area (Å²) in [5, 5.41) is 2.93. The maximum Gasteiger partial charge on any atom is 0.261 e. The molecule has 0 saturated carbocycles. The lowest BCUT2D eigenvalue weighted by atomic mass is 9.99. The van der Waals surface area contributed by atoms with E-state index in [-0.39, 0.29) is 22.8 Å². The van der Waals surface area contributed by atoms with Gasteiger partial charge in [0.2, 0.25) is 0 Å². The molecular weight excluding hydrogens is 348 g/mol. The Morgan fingerprint density at radius 3 is 2.56 bits per heavy atom. The molecule has 0 aliphatic carbocycles. The van der Waals surface area contributed by atoms with Gasteiger partial charge in [-0.15, -0.1) is 0 Å². The van der Waals surface area contributed by atoms with Gasteiger partial charge in [0.05, 0.1) is 28.5 Å². The number of carbonyl (C=O) groups excluding carboxylic acids is 1. The molecule has 0 atom stereocenters. The molecule has 1 amide bonds. The van der Waals surface area contributed by atoms with Crippen LogP contribution in [0.2, 0.25) is 5.02 Å². The second-order valence-electron chi connectivity index (χ2n) is 5.57. The zero-order chi connectivity index (χ0) is 18.4. The molecule has 3 rings (SSSR count). The van der Waals surface area contributed by atoms with Gasteiger partial charge in [-0.2, -0.15) is 0 Å². The van der Waals surface area contributed by atoms with Crippen LogP contribution >= 0.6 is 11.6 Å². The van der Waals surface area contributed by atoms with Crippen LogP contribution in [0.4, 0.5) is 25.8 Å². The van der Waals surface area contributed by atoms with Crippen molar-refractivity contribution in [1.29, 1.82) is 0 Å². The number of alkyl halides is 2. The highest BCUT2D eigenvalue weighted by atomic mass is 35.5. The third-order valence-corrected chi connectivity index (χ3v) is 4.13. The number of halogens is 3. The topological polar surface area (TPSA) is 36.7 Å². The van der Waals surface area contributed by atoms with Crippen LogP contribution in [0.25, 0.3) is 4.85 Å². The molecule has 0 fully saturated rings. The second-order valence-corrected chi connectivity index (χ2v) is 5.98. The van der Waals surface area contributed by atoms with Crippen molar-refractivity contribution in [3.8, 4) is 0 Å². The second kappa shape index (κ2) is 5.87. The van der Waals surface area contributed by atoms with E-state index in [4.69, 9.17) is 18.2 Å². The Hall–Kier alpha value is -2.91. The third kappa shape index (κ3) is 2.83. The van der Waals surface area contributed by atoms with Gasteiger partial charge >= 0.3 is 0 Å². The smallest absolute Gasteiger partial charge is 0.261 e. The number of carbonyl (C=O) groups is 1. The Bertz CT molecular complexity index is 944. The number of hydrogen-bond donors (Lipinski definition) is 1. The molecule has 0 bridgehead atoms. The molecule has 1 aliphatic rings. The number of para-hydroxylation sites is 1. The van der Waals surface area contributed by atoms with E-state index in [0.717, 1.165) is 6.07 Å². The molecular formula is C18H12ClF2N3O. The van der Waals surface area contributed by atoms with E-state index in [1.54, 1.807) is 24.3 Å². The van der Waals surface area contributed by atoms with E-state index in [1.165, 1.54) is 11.0 Å². The summed E-state index contributed by atoms with van der Waals surface area (Å²) < 4.78 is 27.9. The Morgan fingerprint density at radius 2 is 1.96 bits per heavy atom. The fourth-order valence-corrected chi connectivity index (χ4v) is 2.92. The van der Waals surface area contributed by atoms with Gasteiger partial charge in [-0.25, -0.2) is 13.6 Å². The van der Waals surface area contributed by atoms with Crippen molar-refractivity contribution in [2.75, 3.05) is 4.90 Å². The van der Waals surface area contributed by atoms with Crippen LogP contribution in [0.1, 0.15) is 22.8 Å². The summed E-state index contributed by atoms with van der Waals surface area (Å²) in [6.45, 7) is 11.6. The van der Waals surface area contributed by atoms with Gasteiger partial charge in [-0.1, -0.05) is 30.3 Å². The number of rotatable bonds is 2. The average Bonchev–Trinajstić information content (AvgIpc) is 2.54. The molecule has 126 valence electrons. The van der Waals surface area contributed by atoms with Crippen LogP contribution in [0.3, 0.4) is 0 Å². The number of hydrogen-bond acceptors (Lipinski definition) is 2. The van der Waals surface area contributed by atoms with Crippen molar-refractivity contribution >= 4 is 34.6 Å². The summed E-state index contributed by atoms with van der Waals surface area (Å²) in [5.41, 5.74) is 0.0577. The average molecular weight is 360 g/mol. The lowest BCUT2D eigenvalue weighted by Gasteiger charge is -2.34. The van der Waals surface area contributed by atoms with Gasteiger partial charge < -0.3 is 5.32 Å². The predicted octanol–water partition coefficient (Wildman–Crippen LogP) is 5.36. The van der Waals surface area contributed by atoms with Gasteiger partial charge in [0.15, 0.2) is 5.69 Å². The van der Waals surface area contributed by atoms with Crippen molar-refractivity contribution in [1.82, 2.24) is 5.32 Å². The normalized spacial score (nSPS) is 14.0. The zero-order valence-corrected chi connectivity index (χ0v) is 13.9. The van der Waals surface area contributed by atoms with Gasteiger partial charge in [0.25, 0.3) is 11.8 Å². The van der Waals surface area contributed by atoms with Gasteiger partial charge in [-0.3, -0.25) is 9.69 Å². The molecule has 1 heterocycles. The van der Waals surface area contributed by atoms with E-state index < -0.39 is 17.4 Å². The van der Waals surface area contributed by atoms with Crippen LogP contribution in [0, 0.1) is 6.57 Å². The van der Waals surface area contributed by atoms with Gasteiger partial charge in [-0.05, 0) is 24.3 Å². The molecule has 7 heteroatoms. The zero-order valence-electron chi connectivity index (χ0n) is 13.1. The molecule has 2 aromatic carbocycles. The number of amides is 1. The van der Waals surface area contributed by atoms with Crippen molar-refractivity contribution in [2.24, 2.45) is 0 Å². The van der Waals surface area contributed by atoms with E-state index in [2.05, 4.69) is 16.7 Å². The maximum atomic E-state index is 14.0. The van der Waals surface area contributed by atoms with Crippen LogP contribution in [0.5, 0.6) is 0 Å². The van der Waals surface area contributed by atoms with Gasteiger partial charge in [0.1, 0.15) is 5.82 Å². The molecule has 1 N–H and O–H groups in total. The maximum absolute atomic E-state index is 14.0. The molecule has 2 aromatic rings. The Balaban J connectivity index is 2.32.